The Labute approximate surface area is 174 Å². The monoisotopic (exact) mass is 410 g/mol. The standard InChI is InChI=1S/C23H23FN2O2S/c24-19-5-3-18(4-6-19)21-9-10-22(28-21)23(27)25-20-7-1-17(2-8-20)11-12-26-13-15-29-16-14-26/h1-10H,11-16H2,(H,25,27). The first-order valence-electron chi connectivity index (χ1n) is 9.73. The molecule has 2 heterocycles. The molecule has 1 fully saturated rings. The number of carbonyl (C=O) groups is 1. The summed E-state index contributed by atoms with van der Waals surface area (Å²) in [6.07, 6.45) is 1.01. The number of furan rings is 1. The molecule has 1 saturated heterocycles. The van der Waals surface area contributed by atoms with Crippen LogP contribution in [0.2, 0.25) is 0 Å². The lowest BCUT2D eigenvalue weighted by atomic mass is 10.1. The quantitative estimate of drug-likeness (QED) is 0.626. The molecule has 0 saturated carbocycles. The molecule has 0 radical (unpaired) electrons. The van der Waals surface area contributed by atoms with Crippen molar-refractivity contribution >= 4 is 23.4 Å². The first-order valence-corrected chi connectivity index (χ1v) is 10.9. The van der Waals surface area contributed by atoms with Crippen molar-refractivity contribution in [3.8, 4) is 11.3 Å². The summed E-state index contributed by atoms with van der Waals surface area (Å²) in [7, 11) is 0. The lowest BCUT2D eigenvalue weighted by Crippen LogP contribution is -2.34. The van der Waals surface area contributed by atoms with Crippen LogP contribution in [0.5, 0.6) is 0 Å². The number of hydrogen-bond donors (Lipinski definition) is 1. The minimum Gasteiger partial charge on any atom is -0.451 e. The Balaban J connectivity index is 1.33. The number of thioether (sulfide) groups is 1. The summed E-state index contributed by atoms with van der Waals surface area (Å²) < 4.78 is 18.7. The van der Waals surface area contributed by atoms with Crippen LogP contribution in [0.15, 0.2) is 65.1 Å². The molecule has 2 aromatic carbocycles. The maximum atomic E-state index is 13.1. The van der Waals surface area contributed by atoms with Crippen molar-refractivity contribution in [2.75, 3.05) is 36.5 Å². The molecule has 6 heteroatoms. The summed E-state index contributed by atoms with van der Waals surface area (Å²) >= 11 is 2.02. The molecule has 0 aliphatic carbocycles. The first kappa shape index (κ1) is 19.7. The zero-order valence-electron chi connectivity index (χ0n) is 16.1. The topological polar surface area (TPSA) is 45.5 Å². The Bertz CT molecular complexity index is 948. The van der Waals surface area contributed by atoms with Gasteiger partial charge in [0, 0.05) is 42.4 Å². The highest BCUT2D eigenvalue weighted by Gasteiger charge is 2.13. The van der Waals surface area contributed by atoms with E-state index < -0.39 is 0 Å². The fourth-order valence-corrected chi connectivity index (χ4v) is 4.27. The van der Waals surface area contributed by atoms with E-state index in [9.17, 15) is 9.18 Å². The molecule has 0 atom stereocenters. The van der Waals surface area contributed by atoms with Gasteiger partial charge in [-0.15, -0.1) is 0 Å². The van der Waals surface area contributed by atoms with E-state index in [0.29, 0.717) is 5.76 Å². The molecule has 0 bridgehead atoms. The third kappa shape index (κ3) is 5.28. The summed E-state index contributed by atoms with van der Waals surface area (Å²) in [4.78, 5) is 15.0. The molecule has 1 amide bonds. The molecule has 1 aromatic heterocycles. The summed E-state index contributed by atoms with van der Waals surface area (Å²) in [5.74, 6) is 2.58. The predicted molar refractivity (Wildman–Crippen MR) is 116 cm³/mol. The van der Waals surface area contributed by atoms with Crippen molar-refractivity contribution < 1.29 is 13.6 Å². The Hall–Kier alpha value is -2.57. The van der Waals surface area contributed by atoms with Crippen molar-refractivity contribution in [3.05, 3.63) is 77.8 Å². The number of rotatable bonds is 6. The molecule has 150 valence electrons. The lowest BCUT2D eigenvalue weighted by Gasteiger charge is -2.26. The van der Waals surface area contributed by atoms with Crippen LogP contribution >= 0.6 is 11.8 Å². The largest absolute Gasteiger partial charge is 0.451 e. The molecule has 0 unspecified atom stereocenters. The molecule has 1 aliphatic rings. The Kier molecular flexibility index (Phi) is 6.32. The van der Waals surface area contributed by atoms with E-state index in [1.807, 2.05) is 23.9 Å². The van der Waals surface area contributed by atoms with Crippen LogP contribution in [0.4, 0.5) is 10.1 Å². The predicted octanol–water partition coefficient (Wildman–Crippen LogP) is 4.93. The van der Waals surface area contributed by atoms with E-state index in [-0.39, 0.29) is 17.5 Å². The van der Waals surface area contributed by atoms with Gasteiger partial charge >= 0.3 is 0 Å². The van der Waals surface area contributed by atoms with E-state index in [1.54, 1.807) is 24.3 Å². The van der Waals surface area contributed by atoms with E-state index in [1.165, 1.54) is 42.3 Å². The van der Waals surface area contributed by atoms with Gasteiger partial charge in [-0.05, 0) is 60.5 Å². The maximum Gasteiger partial charge on any atom is 0.291 e. The lowest BCUT2D eigenvalue weighted by molar-refractivity contribution is 0.0997. The number of nitrogens with one attached hydrogen (secondary N) is 1. The maximum absolute atomic E-state index is 13.1. The summed E-state index contributed by atoms with van der Waals surface area (Å²) in [6, 6.07) is 17.3. The van der Waals surface area contributed by atoms with Crippen LogP contribution in [0.25, 0.3) is 11.3 Å². The van der Waals surface area contributed by atoms with E-state index in [4.69, 9.17) is 4.42 Å². The van der Waals surface area contributed by atoms with Crippen LogP contribution in [-0.2, 0) is 6.42 Å². The minimum absolute atomic E-state index is 0.219. The average Bonchev–Trinajstić information content (AvgIpc) is 3.25. The van der Waals surface area contributed by atoms with Gasteiger partial charge in [-0.3, -0.25) is 4.79 Å². The molecule has 0 spiro atoms. The van der Waals surface area contributed by atoms with E-state index in [2.05, 4.69) is 22.3 Å². The van der Waals surface area contributed by atoms with Gasteiger partial charge in [0.2, 0.25) is 0 Å². The number of carbonyl (C=O) groups excluding carboxylic acids is 1. The summed E-state index contributed by atoms with van der Waals surface area (Å²) in [5.41, 5.74) is 2.72. The van der Waals surface area contributed by atoms with Crippen LogP contribution < -0.4 is 5.32 Å². The fraction of sp³-hybridized carbons (Fsp3) is 0.261. The molecule has 4 nitrogen and oxygen atoms in total. The third-order valence-electron chi connectivity index (χ3n) is 4.99. The number of amides is 1. The van der Waals surface area contributed by atoms with Crippen molar-refractivity contribution in [2.45, 2.75) is 6.42 Å². The second kappa shape index (κ2) is 9.29. The summed E-state index contributed by atoms with van der Waals surface area (Å²) in [5, 5.41) is 2.86. The third-order valence-corrected chi connectivity index (χ3v) is 5.93. The van der Waals surface area contributed by atoms with Gasteiger partial charge in [-0.2, -0.15) is 11.8 Å². The molecular formula is C23H23FN2O2S. The van der Waals surface area contributed by atoms with E-state index >= 15 is 0 Å². The average molecular weight is 411 g/mol. The molecule has 1 N–H and O–H groups in total. The number of anilines is 1. The molecule has 1 aliphatic heterocycles. The van der Waals surface area contributed by atoms with Crippen molar-refractivity contribution in [1.82, 2.24) is 4.90 Å². The van der Waals surface area contributed by atoms with E-state index in [0.717, 1.165) is 24.2 Å². The van der Waals surface area contributed by atoms with Gasteiger partial charge in [0.15, 0.2) is 5.76 Å². The number of hydrogen-bond acceptors (Lipinski definition) is 4. The Morgan fingerprint density at radius 1 is 1.00 bits per heavy atom. The normalized spacial score (nSPS) is 14.7. The van der Waals surface area contributed by atoms with Crippen LogP contribution in [0.1, 0.15) is 16.1 Å². The zero-order chi connectivity index (χ0) is 20.1. The second-order valence-electron chi connectivity index (χ2n) is 7.03. The number of halogens is 1. The molecule has 3 aromatic rings. The molecule has 29 heavy (non-hydrogen) atoms. The Morgan fingerprint density at radius 2 is 1.72 bits per heavy atom. The Morgan fingerprint density at radius 3 is 2.45 bits per heavy atom. The minimum atomic E-state index is -0.309. The van der Waals surface area contributed by atoms with Crippen LogP contribution in [0, 0.1) is 5.82 Å². The van der Waals surface area contributed by atoms with Crippen LogP contribution in [0.3, 0.4) is 0 Å². The zero-order valence-corrected chi connectivity index (χ0v) is 16.9. The second-order valence-corrected chi connectivity index (χ2v) is 8.25. The van der Waals surface area contributed by atoms with Gasteiger partial charge in [0.25, 0.3) is 5.91 Å². The van der Waals surface area contributed by atoms with Gasteiger partial charge in [-0.25, -0.2) is 4.39 Å². The van der Waals surface area contributed by atoms with Gasteiger partial charge in [0.05, 0.1) is 0 Å². The number of nitrogens with zero attached hydrogens (tertiary/aromatic N) is 1. The molecule has 4 rings (SSSR count). The van der Waals surface area contributed by atoms with Crippen molar-refractivity contribution in [2.24, 2.45) is 0 Å². The molecular weight excluding hydrogens is 387 g/mol. The highest BCUT2D eigenvalue weighted by molar-refractivity contribution is 7.99. The van der Waals surface area contributed by atoms with Gasteiger partial charge < -0.3 is 14.6 Å². The van der Waals surface area contributed by atoms with Gasteiger partial charge in [-0.1, -0.05) is 12.1 Å². The number of benzene rings is 2. The van der Waals surface area contributed by atoms with Crippen LogP contribution in [-0.4, -0.2) is 41.9 Å². The van der Waals surface area contributed by atoms with Crippen molar-refractivity contribution in [3.63, 3.8) is 0 Å². The highest BCUT2D eigenvalue weighted by Crippen LogP contribution is 2.23. The SMILES string of the molecule is O=C(Nc1ccc(CCN2CCSCC2)cc1)c1ccc(-c2ccc(F)cc2)o1. The van der Waals surface area contributed by atoms with Gasteiger partial charge in [0.1, 0.15) is 11.6 Å². The van der Waals surface area contributed by atoms with Crippen molar-refractivity contribution in [1.29, 1.82) is 0 Å². The fourth-order valence-electron chi connectivity index (χ4n) is 3.29. The highest BCUT2D eigenvalue weighted by atomic mass is 32.2. The first-order chi connectivity index (χ1) is 14.2. The summed E-state index contributed by atoms with van der Waals surface area (Å²) in [6.45, 7) is 3.41. The smallest absolute Gasteiger partial charge is 0.291 e.